The van der Waals surface area contributed by atoms with Crippen molar-refractivity contribution < 1.29 is 29.8 Å². The zero-order valence-corrected chi connectivity index (χ0v) is 13.1. The Kier molecular flexibility index (Phi) is 13.2. The van der Waals surface area contributed by atoms with Gasteiger partial charge in [-0.25, -0.2) is 0 Å². The summed E-state index contributed by atoms with van der Waals surface area (Å²) in [5.41, 5.74) is 0.943. The van der Waals surface area contributed by atoms with Crippen molar-refractivity contribution in [3.8, 4) is 0 Å². The van der Waals surface area contributed by atoms with E-state index in [0.29, 0.717) is 0 Å². The summed E-state index contributed by atoms with van der Waals surface area (Å²) in [5.74, 6) is 0. The normalized spacial score (nSPS) is 7.88. The van der Waals surface area contributed by atoms with Crippen LogP contribution in [0.1, 0.15) is 7.43 Å². The van der Waals surface area contributed by atoms with E-state index >= 15 is 0 Å². The smallest absolute Gasteiger partial charge is 1.00 e. The minimum atomic E-state index is -0.428. The molecule has 89 valence electrons. The Morgan fingerprint density at radius 2 is 1.71 bits per heavy atom. The minimum absolute atomic E-state index is 0. The molecule has 0 aromatic heterocycles. The van der Waals surface area contributed by atoms with Gasteiger partial charge in [-0.05, 0) is 22.3 Å². The van der Waals surface area contributed by atoms with E-state index in [2.05, 4.69) is 6.07 Å². The predicted octanol–water partition coefficient (Wildman–Crippen LogP) is -4.28. The summed E-state index contributed by atoms with van der Waals surface area (Å²) in [6, 6.07) is 14.9. The molecule has 0 bridgehead atoms. The standard InChI is InChI=1S/C11H10BO.CH4.2ClH.Sn/c1-12(13)11-8-4-6-9-5-2-3-7-10(9)11;;;;/h2-6,8,13H,1H3;1H4;2*1H;/q;;;;+2/p-2. The van der Waals surface area contributed by atoms with E-state index in [4.69, 9.17) is 0 Å². The van der Waals surface area contributed by atoms with E-state index in [9.17, 15) is 5.02 Å². The number of halogens is 2. The minimum Gasteiger partial charge on any atom is -1.00 e. The zero-order chi connectivity index (χ0) is 9.26. The van der Waals surface area contributed by atoms with Gasteiger partial charge >= 0.3 is 30.8 Å². The fourth-order valence-corrected chi connectivity index (χ4v) is 1.53. The maximum Gasteiger partial charge on any atom is 2.00 e. The first-order valence-electron chi connectivity index (χ1n) is 4.36. The van der Waals surface area contributed by atoms with Gasteiger partial charge in [0.2, 0.25) is 0 Å². The van der Waals surface area contributed by atoms with Crippen LogP contribution in [0.15, 0.2) is 36.4 Å². The van der Waals surface area contributed by atoms with Gasteiger partial charge in [-0.2, -0.15) is 0 Å². The molecule has 0 unspecified atom stereocenters. The number of hydrogen-bond donors (Lipinski definition) is 1. The molecule has 0 amide bonds. The molecule has 0 atom stereocenters. The third-order valence-electron chi connectivity index (χ3n) is 2.18. The predicted molar refractivity (Wildman–Crippen MR) is 68.7 cm³/mol. The molecule has 0 saturated carbocycles. The van der Waals surface area contributed by atoms with Gasteiger partial charge < -0.3 is 29.8 Å². The SMILES string of the molecule is C.CB(O)c1cccc2ccc[c]c12.[Cl-].[Cl-].[Sn+2]. The number of rotatable bonds is 1. The Labute approximate surface area is 133 Å². The second-order valence-electron chi connectivity index (χ2n) is 3.16. The molecule has 17 heavy (non-hydrogen) atoms. The van der Waals surface area contributed by atoms with E-state index in [1.165, 1.54) is 0 Å². The molecular weight excluding hydrogens is 361 g/mol. The fourth-order valence-electron chi connectivity index (χ4n) is 1.53. The molecule has 2 rings (SSSR count). The third-order valence-corrected chi connectivity index (χ3v) is 2.18. The summed E-state index contributed by atoms with van der Waals surface area (Å²) in [6.45, 7) is 1.35. The first-order chi connectivity index (χ1) is 6.29. The van der Waals surface area contributed by atoms with Crippen molar-refractivity contribution in [2.75, 3.05) is 0 Å². The number of hydrogen-bond acceptors (Lipinski definition) is 1. The maximum absolute atomic E-state index is 9.50. The number of fused-ring (bicyclic) bond motifs is 1. The van der Waals surface area contributed by atoms with Crippen molar-refractivity contribution in [2.45, 2.75) is 14.2 Å². The molecule has 1 N–H and O–H groups in total. The maximum atomic E-state index is 9.50. The molecule has 0 aliphatic rings. The molecule has 0 fully saturated rings. The molecule has 2 aromatic carbocycles. The molecule has 0 heterocycles. The van der Waals surface area contributed by atoms with E-state index in [1.807, 2.05) is 36.4 Å². The van der Waals surface area contributed by atoms with Gasteiger partial charge in [0.05, 0.1) is 0 Å². The van der Waals surface area contributed by atoms with Crippen molar-refractivity contribution in [3.05, 3.63) is 42.5 Å². The largest absolute Gasteiger partial charge is 2.00 e. The van der Waals surface area contributed by atoms with Crippen LogP contribution in [0.5, 0.6) is 0 Å². The van der Waals surface area contributed by atoms with Crippen LogP contribution in [-0.4, -0.2) is 35.8 Å². The Balaban J connectivity index is -0.000000490. The molecular formula is C12H14BCl2OSn. The Morgan fingerprint density at radius 1 is 1.12 bits per heavy atom. The summed E-state index contributed by atoms with van der Waals surface area (Å²) in [6.07, 6.45) is 0. The monoisotopic (exact) mass is 375 g/mol. The molecule has 0 saturated heterocycles. The van der Waals surface area contributed by atoms with Crippen molar-refractivity contribution in [3.63, 3.8) is 0 Å². The van der Waals surface area contributed by atoms with Gasteiger partial charge in [-0.15, -0.1) is 0 Å². The zero-order valence-electron chi connectivity index (χ0n) is 8.74. The molecule has 1 nitrogen and oxygen atoms in total. The number of benzene rings is 2. The molecule has 5 heteroatoms. The Bertz CT molecular complexity index is 432. The summed E-state index contributed by atoms with van der Waals surface area (Å²) in [5, 5.41) is 11.6. The fraction of sp³-hybridized carbons (Fsp3) is 0.167. The second kappa shape index (κ2) is 10.1. The first kappa shape index (κ1) is 22.3. The van der Waals surface area contributed by atoms with Gasteiger partial charge in [-0.1, -0.05) is 50.6 Å². The van der Waals surface area contributed by atoms with Gasteiger partial charge in [0, 0.05) is 0 Å². The average molecular weight is 375 g/mol. The van der Waals surface area contributed by atoms with E-state index in [0.717, 1.165) is 16.2 Å². The molecule has 0 aliphatic heterocycles. The van der Waals surface area contributed by atoms with Crippen LogP contribution < -0.4 is 30.3 Å². The van der Waals surface area contributed by atoms with Crippen LogP contribution in [0.2, 0.25) is 6.82 Å². The van der Waals surface area contributed by atoms with Crippen molar-refractivity contribution >= 4 is 47.1 Å². The van der Waals surface area contributed by atoms with Crippen molar-refractivity contribution in [1.82, 2.24) is 0 Å². The van der Waals surface area contributed by atoms with E-state index in [-0.39, 0.29) is 56.1 Å². The average Bonchev–Trinajstić information content (AvgIpc) is 2.17. The third kappa shape index (κ3) is 5.08. The van der Waals surface area contributed by atoms with Crippen LogP contribution in [-0.2, 0) is 0 Å². The Hall–Kier alpha value is 0.104. The van der Waals surface area contributed by atoms with Crippen LogP contribution in [0, 0.1) is 6.07 Å². The van der Waals surface area contributed by atoms with E-state index < -0.39 is 6.92 Å². The second-order valence-corrected chi connectivity index (χ2v) is 3.16. The van der Waals surface area contributed by atoms with Gasteiger partial charge in [0.25, 0.3) is 0 Å². The summed E-state index contributed by atoms with van der Waals surface area (Å²) < 4.78 is 0. The summed E-state index contributed by atoms with van der Waals surface area (Å²) in [7, 11) is 0. The molecule has 0 spiro atoms. The summed E-state index contributed by atoms with van der Waals surface area (Å²) >= 11 is 0. The van der Waals surface area contributed by atoms with Crippen LogP contribution in [0.3, 0.4) is 0 Å². The quantitative estimate of drug-likeness (QED) is 0.501. The topological polar surface area (TPSA) is 20.2 Å². The van der Waals surface area contributed by atoms with Crippen molar-refractivity contribution in [1.29, 1.82) is 0 Å². The molecule has 2 aromatic rings. The van der Waals surface area contributed by atoms with Gasteiger partial charge in [0.15, 0.2) is 0 Å². The van der Waals surface area contributed by atoms with Crippen LogP contribution in [0.25, 0.3) is 10.8 Å². The first-order valence-corrected chi connectivity index (χ1v) is 4.36. The van der Waals surface area contributed by atoms with Crippen LogP contribution in [0.4, 0.5) is 0 Å². The van der Waals surface area contributed by atoms with Crippen LogP contribution >= 0.6 is 0 Å². The molecule has 0 aliphatic carbocycles. The summed E-state index contributed by atoms with van der Waals surface area (Å²) in [4.78, 5) is 0. The molecule has 3 radical (unpaired) electrons. The van der Waals surface area contributed by atoms with Crippen molar-refractivity contribution in [2.24, 2.45) is 0 Å². The van der Waals surface area contributed by atoms with Gasteiger partial charge in [0.1, 0.15) is 0 Å². The van der Waals surface area contributed by atoms with E-state index in [1.54, 1.807) is 6.82 Å². The van der Waals surface area contributed by atoms with Gasteiger partial charge in [-0.3, -0.25) is 0 Å². The Morgan fingerprint density at radius 3 is 2.29 bits per heavy atom.